The fraction of sp³-hybridized carbons (Fsp3) is 0.240. The summed E-state index contributed by atoms with van der Waals surface area (Å²) in [4.78, 5) is 23.5. The molecule has 0 radical (unpaired) electrons. The van der Waals surface area contributed by atoms with Crippen molar-refractivity contribution < 1.29 is 22.9 Å². The number of methoxy groups -OCH3 is 1. The van der Waals surface area contributed by atoms with Crippen LogP contribution >= 0.6 is 0 Å². The SMILES string of the molecule is COc1ccc(N(CC(=O)Nc2ccccc2C(C)C)S(=O)(=O)c2ccc(C)c([N+](=O)[O-])c2)cc1. The van der Waals surface area contributed by atoms with E-state index in [4.69, 9.17) is 4.74 Å². The number of benzene rings is 3. The summed E-state index contributed by atoms with van der Waals surface area (Å²) in [7, 11) is -2.85. The largest absolute Gasteiger partial charge is 0.497 e. The van der Waals surface area contributed by atoms with Gasteiger partial charge in [0.25, 0.3) is 15.7 Å². The Labute approximate surface area is 204 Å². The second-order valence-corrected chi connectivity index (χ2v) is 10.1. The van der Waals surface area contributed by atoms with Gasteiger partial charge in [0.15, 0.2) is 0 Å². The van der Waals surface area contributed by atoms with Gasteiger partial charge in [0.05, 0.1) is 22.6 Å². The smallest absolute Gasteiger partial charge is 0.273 e. The average Bonchev–Trinajstić information content (AvgIpc) is 2.82. The number of nitrogens with zero attached hydrogens (tertiary/aromatic N) is 2. The van der Waals surface area contributed by atoms with E-state index in [1.54, 1.807) is 24.3 Å². The van der Waals surface area contributed by atoms with Crippen LogP contribution in [-0.2, 0) is 14.8 Å². The molecule has 0 atom stereocenters. The predicted octanol–water partition coefficient (Wildman–Crippen LogP) is 4.87. The molecule has 1 N–H and O–H groups in total. The van der Waals surface area contributed by atoms with Crippen molar-refractivity contribution in [2.75, 3.05) is 23.3 Å². The molecule has 184 valence electrons. The highest BCUT2D eigenvalue weighted by molar-refractivity contribution is 7.92. The molecular formula is C25H27N3O6S. The van der Waals surface area contributed by atoms with E-state index in [2.05, 4.69) is 5.32 Å². The normalized spacial score (nSPS) is 11.2. The third-order valence-corrected chi connectivity index (χ3v) is 7.24. The topological polar surface area (TPSA) is 119 Å². The Morgan fingerprint density at radius 3 is 2.34 bits per heavy atom. The van der Waals surface area contributed by atoms with Gasteiger partial charge in [-0.1, -0.05) is 38.1 Å². The fourth-order valence-corrected chi connectivity index (χ4v) is 5.01. The highest BCUT2D eigenvalue weighted by atomic mass is 32.2. The lowest BCUT2D eigenvalue weighted by Gasteiger charge is -2.25. The molecule has 0 fully saturated rings. The summed E-state index contributed by atoms with van der Waals surface area (Å²) in [5.41, 5.74) is 1.71. The molecule has 0 heterocycles. The van der Waals surface area contributed by atoms with Gasteiger partial charge in [0.1, 0.15) is 12.3 Å². The number of carbonyl (C=O) groups is 1. The summed E-state index contributed by atoms with van der Waals surface area (Å²) in [6, 6.07) is 17.1. The molecule has 3 rings (SSSR count). The molecule has 0 spiro atoms. The number of nitrogens with one attached hydrogen (secondary N) is 1. The number of ether oxygens (including phenoxy) is 1. The van der Waals surface area contributed by atoms with Gasteiger partial charge in [0.2, 0.25) is 5.91 Å². The Kier molecular flexibility index (Phi) is 7.75. The Morgan fingerprint density at radius 1 is 1.09 bits per heavy atom. The number of hydrogen-bond acceptors (Lipinski definition) is 6. The minimum absolute atomic E-state index is 0.140. The summed E-state index contributed by atoms with van der Waals surface area (Å²) in [6.07, 6.45) is 0. The van der Waals surface area contributed by atoms with Crippen LogP contribution in [0.5, 0.6) is 5.75 Å². The van der Waals surface area contributed by atoms with E-state index < -0.39 is 27.4 Å². The molecule has 0 aromatic heterocycles. The average molecular weight is 498 g/mol. The first kappa shape index (κ1) is 25.7. The summed E-state index contributed by atoms with van der Waals surface area (Å²) >= 11 is 0. The van der Waals surface area contributed by atoms with Crippen molar-refractivity contribution in [2.24, 2.45) is 0 Å². The standard InChI is InChI=1S/C25H27N3O6S/c1-17(2)22-7-5-6-8-23(22)26-25(29)16-27(19-10-12-20(34-4)13-11-19)35(32,33)21-14-9-18(3)24(15-21)28(30)31/h5-15,17H,16H2,1-4H3,(H,26,29). The van der Waals surface area contributed by atoms with Crippen LogP contribution < -0.4 is 14.4 Å². The second kappa shape index (κ2) is 10.6. The first-order valence-corrected chi connectivity index (χ1v) is 12.3. The highest BCUT2D eigenvalue weighted by Gasteiger charge is 2.29. The summed E-state index contributed by atoms with van der Waals surface area (Å²) in [5.74, 6) is 0.0903. The van der Waals surface area contributed by atoms with Crippen molar-refractivity contribution in [1.82, 2.24) is 0 Å². The molecule has 0 saturated heterocycles. The maximum absolute atomic E-state index is 13.6. The van der Waals surface area contributed by atoms with Gasteiger partial charge in [-0.2, -0.15) is 0 Å². The lowest BCUT2D eigenvalue weighted by atomic mass is 10.0. The maximum atomic E-state index is 13.6. The van der Waals surface area contributed by atoms with E-state index >= 15 is 0 Å². The van der Waals surface area contributed by atoms with Crippen LogP contribution in [-0.4, -0.2) is 32.9 Å². The molecule has 0 unspecified atom stereocenters. The quantitative estimate of drug-likeness (QED) is 0.333. The van der Waals surface area contributed by atoms with Gasteiger partial charge < -0.3 is 10.1 Å². The Hall–Kier alpha value is -3.92. The predicted molar refractivity (Wildman–Crippen MR) is 135 cm³/mol. The van der Waals surface area contributed by atoms with Gasteiger partial charge in [-0.05, 0) is 54.8 Å². The number of aryl methyl sites for hydroxylation is 1. The number of carbonyl (C=O) groups excluding carboxylic acids is 1. The van der Waals surface area contributed by atoms with Crippen molar-refractivity contribution in [2.45, 2.75) is 31.6 Å². The molecule has 10 heteroatoms. The molecule has 3 aromatic rings. The number of nitro groups is 1. The Morgan fingerprint density at radius 2 is 1.74 bits per heavy atom. The van der Waals surface area contributed by atoms with Crippen LogP contribution in [0.4, 0.5) is 17.1 Å². The van der Waals surface area contributed by atoms with E-state index in [1.807, 2.05) is 26.0 Å². The molecule has 0 aliphatic rings. The summed E-state index contributed by atoms with van der Waals surface area (Å²) in [5, 5.41) is 14.2. The molecule has 1 amide bonds. The van der Waals surface area contributed by atoms with Gasteiger partial charge in [-0.25, -0.2) is 8.42 Å². The van der Waals surface area contributed by atoms with Crippen LogP contribution in [0, 0.1) is 17.0 Å². The first-order valence-electron chi connectivity index (χ1n) is 10.8. The number of para-hydroxylation sites is 1. The molecule has 0 aliphatic carbocycles. The number of nitro benzene ring substituents is 1. The van der Waals surface area contributed by atoms with Crippen LogP contribution in [0.25, 0.3) is 0 Å². The highest BCUT2D eigenvalue weighted by Crippen LogP contribution is 2.29. The van der Waals surface area contributed by atoms with Crippen LogP contribution in [0.2, 0.25) is 0 Å². The van der Waals surface area contributed by atoms with E-state index in [1.165, 1.54) is 38.3 Å². The molecule has 0 bridgehead atoms. The van der Waals surface area contributed by atoms with Crippen molar-refractivity contribution in [3.63, 3.8) is 0 Å². The first-order chi connectivity index (χ1) is 16.5. The second-order valence-electron chi connectivity index (χ2n) is 8.21. The minimum atomic E-state index is -4.33. The number of rotatable bonds is 9. The van der Waals surface area contributed by atoms with Gasteiger partial charge in [0, 0.05) is 17.3 Å². The fourth-order valence-electron chi connectivity index (χ4n) is 3.57. The molecule has 35 heavy (non-hydrogen) atoms. The van der Waals surface area contributed by atoms with Gasteiger partial charge in [-0.15, -0.1) is 0 Å². The van der Waals surface area contributed by atoms with Crippen LogP contribution in [0.1, 0.15) is 30.9 Å². The van der Waals surface area contributed by atoms with Gasteiger partial charge >= 0.3 is 0 Å². The Balaban J connectivity index is 2.02. The molecule has 9 nitrogen and oxygen atoms in total. The minimum Gasteiger partial charge on any atom is -0.497 e. The van der Waals surface area contributed by atoms with E-state index in [0.717, 1.165) is 15.9 Å². The van der Waals surface area contributed by atoms with E-state index in [9.17, 15) is 23.3 Å². The number of sulfonamides is 1. The van der Waals surface area contributed by atoms with E-state index in [-0.39, 0.29) is 22.2 Å². The lowest BCUT2D eigenvalue weighted by molar-refractivity contribution is -0.385. The number of anilines is 2. The molecule has 0 saturated carbocycles. The molecule has 0 aliphatic heterocycles. The zero-order chi connectivity index (χ0) is 25.8. The van der Waals surface area contributed by atoms with Crippen molar-refractivity contribution >= 4 is 33.0 Å². The summed E-state index contributed by atoms with van der Waals surface area (Å²) in [6.45, 7) is 4.96. The van der Waals surface area contributed by atoms with E-state index in [0.29, 0.717) is 17.0 Å². The maximum Gasteiger partial charge on any atom is 0.273 e. The third kappa shape index (κ3) is 5.78. The molecule has 3 aromatic carbocycles. The molecular weight excluding hydrogens is 470 g/mol. The van der Waals surface area contributed by atoms with Crippen LogP contribution in [0.3, 0.4) is 0 Å². The van der Waals surface area contributed by atoms with Crippen molar-refractivity contribution in [3.8, 4) is 5.75 Å². The zero-order valence-corrected chi connectivity index (χ0v) is 20.7. The lowest BCUT2D eigenvalue weighted by Crippen LogP contribution is -2.38. The number of amides is 1. The zero-order valence-electron chi connectivity index (χ0n) is 19.9. The third-order valence-electron chi connectivity index (χ3n) is 5.47. The Bertz CT molecular complexity index is 1340. The monoisotopic (exact) mass is 497 g/mol. The summed E-state index contributed by atoms with van der Waals surface area (Å²) < 4.78 is 33.3. The van der Waals surface area contributed by atoms with Crippen molar-refractivity contribution in [1.29, 1.82) is 0 Å². The van der Waals surface area contributed by atoms with Gasteiger partial charge in [-0.3, -0.25) is 19.2 Å². The van der Waals surface area contributed by atoms with Crippen molar-refractivity contribution in [3.05, 3.63) is 88.0 Å². The van der Waals surface area contributed by atoms with Crippen LogP contribution in [0.15, 0.2) is 71.6 Å². The number of hydrogen-bond donors (Lipinski definition) is 1.